The van der Waals surface area contributed by atoms with Crippen molar-refractivity contribution in [1.82, 2.24) is 0 Å². The Morgan fingerprint density at radius 1 is 0.370 bits per heavy atom. The predicted molar refractivity (Wildman–Crippen MR) is 194 cm³/mol. The zero-order chi connectivity index (χ0) is 30.5. The zero-order valence-electron chi connectivity index (χ0n) is 25.1. The van der Waals surface area contributed by atoms with E-state index in [-0.39, 0.29) is 0 Å². The van der Waals surface area contributed by atoms with Gasteiger partial charge in [-0.15, -0.1) is 0 Å². The molecule has 0 spiro atoms. The molecule has 0 atom stereocenters. The Kier molecular flexibility index (Phi) is 6.17. The van der Waals surface area contributed by atoms with E-state index in [0.29, 0.717) is 0 Å². The van der Waals surface area contributed by atoms with Gasteiger partial charge in [-0.25, -0.2) is 0 Å². The standard InChI is InChI=1S/C44H29NO/c1-2-13-31(14-3-1)36-17-8-10-20-41(36)45(35-25-27-40-39-19-9-11-21-42(39)46-43(40)29-35)44-37-18-7-6-15-32(37)24-26-38(44)34-23-22-30-12-4-5-16-33(30)28-34/h1-29H. The summed E-state index contributed by atoms with van der Waals surface area (Å²) in [6.07, 6.45) is 0. The van der Waals surface area contributed by atoms with Gasteiger partial charge >= 0.3 is 0 Å². The minimum Gasteiger partial charge on any atom is -0.456 e. The molecule has 216 valence electrons. The van der Waals surface area contributed by atoms with Crippen molar-refractivity contribution < 1.29 is 4.42 Å². The van der Waals surface area contributed by atoms with Gasteiger partial charge in [-0.3, -0.25) is 0 Å². The quantitative estimate of drug-likeness (QED) is 0.199. The van der Waals surface area contributed by atoms with Gasteiger partial charge in [0.1, 0.15) is 11.2 Å². The van der Waals surface area contributed by atoms with Crippen molar-refractivity contribution in [3.63, 3.8) is 0 Å². The second-order valence-electron chi connectivity index (χ2n) is 11.7. The van der Waals surface area contributed by atoms with Crippen molar-refractivity contribution in [2.24, 2.45) is 0 Å². The third kappa shape index (κ3) is 4.35. The van der Waals surface area contributed by atoms with E-state index in [1.54, 1.807) is 0 Å². The van der Waals surface area contributed by atoms with E-state index in [1.165, 1.54) is 32.7 Å². The summed E-state index contributed by atoms with van der Waals surface area (Å²) in [6.45, 7) is 0. The fourth-order valence-corrected chi connectivity index (χ4v) is 6.86. The first-order valence-electron chi connectivity index (χ1n) is 15.7. The highest BCUT2D eigenvalue weighted by atomic mass is 16.3. The first-order valence-corrected chi connectivity index (χ1v) is 15.7. The van der Waals surface area contributed by atoms with Gasteiger partial charge in [0.15, 0.2) is 0 Å². The molecular formula is C44H29NO. The van der Waals surface area contributed by atoms with Crippen LogP contribution in [0.3, 0.4) is 0 Å². The first kappa shape index (κ1) is 26.3. The van der Waals surface area contributed by atoms with Crippen LogP contribution in [-0.2, 0) is 0 Å². The van der Waals surface area contributed by atoms with Crippen LogP contribution in [0.25, 0.3) is 65.7 Å². The lowest BCUT2D eigenvalue weighted by Crippen LogP contribution is -2.13. The number of para-hydroxylation sites is 2. The van der Waals surface area contributed by atoms with Gasteiger partial charge in [0.2, 0.25) is 0 Å². The average Bonchev–Trinajstić information content (AvgIpc) is 3.50. The number of nitrogens with zero attached hydrogens (tertiary/aromatic N) is 1. The molecule has 0 aliphatic heterocycles. The maximum atomic E-state index is 6.45. The van der Waals surface area contributed by atoms with E-state index in [0.717, 1.165) is 50.1 Å². The Hall–Kier alpha value is -6.12. The molecule has 2 heteroatoms. The summed E-state index contributed by atoms with van der Waals surface area (Å²) in [5.74, 6) is 0. The van der Waals surface area contributed by atoms with Crippen LogP contribution in [0.2, 0.25) is 0 Å². The van der Waals surface area contributed by atoms with E-state index in [4.69, 9.17) is 4.42 Å². The minimum atomic E-state index is 0.869. The lowest BCUT2D eigenvalue weighted by molar-refractivity contribution is 0.669. The molecule has 0 radical (unpaired) electrons. The molecule has 2 nitrogen and oxygen atoms in total. The largest absolute Gasteiger partial charge is 0.456 e. The zero-order valence-corrected chi connectivity index (χ0v) is 25.1. The van der Waals surface area contributed by atoms with Crippen LogP contribution in [0.4, 0.5) is 17.1 Å². The van der Waals surface area contributed by atoms with Crippen LogP contribution in [0.15, 0.2) is 180 Å². The Morgan fingerprint density at radius 3 is 1.93 bits per heavy atom. The molecule has 1 aromatic heterocycles. The molecule has 0 amide bonds. The molecule has 0 N–H and O–H groups in total. The fourth-order valence-electron chi connectivity index (χ4n) is 6.86. The number of fused-ring (bicyclic) bond motifs is 5. The summed E-state index contributed by atoms with van der Waals surface area (Å²) < 4.78 is 6.45. The summed E-state index contributed by atoms with van der Waals surface area (Å²) in [5.41, 5.74) is 9.69. The monoisotopic (exact) mass is 587 g/mol. The van der Waals surface area contributed by atoms with Crippen molar-refractivity contribution >= 4 is 60.5 Å². The van der Waals surface area contributed by atoms with Crippen molar-refractivity contribution in [2.45, 2.75) is 0 Å². The Morgan fingerprint density at radius 2 is 1.04 bits per heavy atom. The van der Waals surface area contributed by atoms with Crippen LogP contribution in [0.1, 0.15) is 0 Å². The normalized spacial score (nSPS) is 11.5. The van der Waals surface area contributed by atoms with Crippen molar-refractivity contribution in [3.8, 4) is 22.3 Å². The topological polar surface area (TPSA) is 16.4 Å². The summed E-state index contributed by atoms with van der Waals surface area (Å²) in [7, 11) is 0. The summed E-state index contributed by atoms with van der Waals surface area (Å²) >= 11 is 0. The van der Waals surface area contributed by atoms with E-state index in [2.05, 4.69) is 169 Å². The highest BCUT2D eigenvalue weighted by Crippen LogP contribution is 2.48. The lowest BCUT2D eigenvalue weighted by Gasteiger charge is -2.31. The van der Waals surface area contributed by atoms with Gasteiger partial charge < -0.3 is 9.32 Å². The SMILES string of the molecule is c1ccc(-c2ccccc2N(c2ccc3c(c2)oc2ccccc23)c2c(-c3ccc4ccccc4c3)ccc3ccccc23)cc1. The van der Waals surface area contributed by atoms with Gasteiger partial charge in [0, 0.05) is 39.0 Å². The van der Waals surface area contributed by atoms with E-state index in [9.17, 15) is 0 Å². The Bertz CT molecular complexity index is 2540. The van der Waals surface area contributed by atoms with Crippen molar-refractivity contribution in [1.29, 1.82) is 0 Å². The molecule has 1 heterocycles. The third-order valence-electron chi connectivity index (χ3n) is 9.03. The number of anilines is 3. The smallest absolute Gasteiger partial charge is 0.137 e. The van der Waals surface area contributed by atoms with Crippen LogP contribution in [0.5, 0.6) is 0 Å². The van der Waals surface area contributed by atoms with Gasteiger partial charge in [0.25, 0.3) is 0 Å². The Balaban J connectivity index is 1.38. The molecular weight excluding hydrogens is 558 g/mol. The van der Waals surface area contributed by atoms with Gasteiger partial charge in [-0.1, -0.05) is 140 Å². The van der Waals surface area contributed by atoms with E-state index in [1.807, 2.05) is 12.1 Å². The predicted octanol–water partition coefficient (Wildman–Crippen LogP) is 12.7. The molecule has 0 aliphatic rings. The van der Waals surface area contributed by atoms with E-state index < -0.39 is 0 Å². The summed E-state index contributed by atoms with van der Waals surface area (Å²) in [5, 5.41) is 7.06. The first-order chi connectivity index (χ1) is 22.8. The summed E-state index contributed by atoms with van der Waals surface area (Å²) in [6, 6.07) is 62.9. The highest BCUT2D eigenvalue weighted by Gasteiger charge is 2.24. The van der Waals surface area contributed by atoms with Crippen molar-refractivity contribution in [2.75, 3.05) is 4.90 Å². The fraction of sp³-hybridized carbons (Fsp3) is 0. The van der Waals surface area contributed by atoms with Gasteiger partial charge in [-0.2, -0.15) is 0 Å². The lowest BCUT2D eigenvalue weighted by atomic mass is 9.94. The second kappa shape index (κ2) is 10.8. The molecule has 9 rings (SSSR count). The average molecular weight is 588 g/mol. The molecule has 0 bridgehead atoms. The second-order valence-corrected chi connectivity index (χ2v) is 11.7. The number of benzene rings is 8. The number of hydrogen-bond acceptors (Lipinski definition) is 2. The molecule has 0 aliphatic carbocycles. The van der Waals surface area contributed by atoms with Crippen LogP contribution in [0, 0.1) is 0 Å². The molecule has 0 saturated carbocycles. The highest BCUT2D eigenvalue weighted by molar-refractivity contribution is 6.10. The Labute approximate surface area is 267 Å². The molecule has 9 aromatic rings. The molecule has 0 fully saturated rings. The number of furan rings is 1. The number of rotatable bonds is 5. The number of hydrogen-bond donors (Lipinski definition) is 0. The van der Waals surface area contributed by atoms with Gasteiger partial charge in [-0.05, 0) is 57.6 Å². The minimum absolute atomic E-state index is 0.869. The molecule has 0 unspecified atom stereocenters. The van der Waals surface area contributed by atoms with E-state index >= 15 is 0 Å². The maximum absolute atomic E-state index is 6.45. The molecule has 8 aromatic carbocycles. The van der Waals surface area contributed by atoms with Crippen LogP contribution < -0.4 is 4.90 Å². The van der Waals surface area contributed by atoms with Crippen molar-refractivity contribution in [3.05, 3.63) is 176 Å². The third-order valence-corrected chi connectivity index (χ3v) is 9.03. The van der Waals surface area contributed by atoms with Gasteiger partial charge in [0.05, 0.1) is 11.4 Å². The summed E-state index contributed by atoms with van der Waals surface area (Å²) in [4.78, 5) is 2.43. The van der Waals surface area contributed by atoms with Crippen LogP contribution >= 0.6 is 0 Å². The molecule has 0 saturated heterocycles. The molecule has 46 heavy (non-hydrogen) atoms. The maximum Gasteiger partial charge on any atom is 0.137 e. The van der Waals surface area contributed by atoms with Crippen LogP contribution in [-0.4, -0.2) is 0 Å².